The van der Waals surface area contributed by atoms with E-state index in [0.29, 0.717) is 22.7 Å². The number of methoxy groups -OCH3 is 1. The summed E-state index contributed by atoms with van der Waals surface area (Å²) >= 11 is 0. The van der Waals surface area contributed by atoms with Crippen molar-refractivity contribution in [3.8, 4) is 5.75 Å². The highest BCUT2D eigenvalue weighted by Crippen LogP contribution is 2.23. The van der Waals surface area contributed by atoms with Gasteiger partial charge in [0.1, 0.15) is 5.75 Å². The summed E-state index contributed by atoms with van der Waals surface area (Å²) in [6.07, 6.45) is 0. The van der Waals surface area contributed by atoms with Gasteiger partial charge in [-0.25, -0.2) is 8.42 Å². The van der Waals surface area contributed by atoms with Gasteiger partial charge in [-0.3, -0.25) is 4.72 Å². The van der Waals surface area contributed by atoms with E-state index in [9.17, 15) is 8.42 Å². The van der Waals surface area contributed by atoms with E-state index in [4.69, 9.17) is 10.5 Å². The molecule has 0 heterocycles. The number of hydrogen-bond donors (Lipinski definition) is 2. The van der Waals surface area contributed by atoms with Gasteiger partial charge in [-0.1, -0.05) is 12.1 Å². The molecule has 0 spiro atoms. The van der Waals surface area contributed by atoms with Crippen LogP contribution >= 0.6 is 0 Å². The minimum absolute atomic E-state index is 0.122. The molecule has 0 aromatic heterocycles. The second kappa shape index (κ2) is 6.05. The number of anilines is 2. The van der Waals surface area contributed by atoms with Crippen molar-refractivity contribution in [3.63, 3.8) is 0 Å². The summed E-state index contributed by atoms with van der Waals surface area (Å²) in [4.78, 5) is 0. The molecule has 5 nitrogen and oxygen atoms in total. The molecule has 0 radical (unpaired) electrons. The Labute approximate surface area is 124 Å². The quantitative estimate of drug-likeness (QED) is 0.832. The van der Waals surface area contributed by atoms with E-state index in [1.807, 2.05) is 6.92 Å². The smallest absolute Gasteiger partial charge is 0.236 e. The van der Waals surface area contributed by atoms with Crippen LogP contribution in [-0.4, -0.2) is 15.5 Å². The van der Waals surface area contributed by atoms with E-state index < -0.39 is 10.0 Å². The van der Waals surface area contributed by atoms with Crippen molar-refractivity contribution in [2.75, 3.05) is 17.6 Å². The predicted octanol–water partition coefficient (Wildman–Crippen LogP) is 2.53. The number of ether oxygens (including phenoxy) is 1. The Hall–Kier alpha value is -2.21. The van der Waals surface area contributed by atoms with Crippen molar-refractivity contribution in [3.05, 3.63) is 53.6 Å². The fourth-order valence-corrected chi connectivity index (χ4v) is 3.24. The predicted molar refractivity (Wildman–Crippen MR) is 84.8 cm³/mol. The van der Waals surface area contributed by atoms with Gasteiger partial charge in [0.25, 0.3) is 0 Å². The molecule has 3 N–H and O–H groups in total. The normalized spacial score (nSPS) is 11.1. The standard InChI is InChI=1S/C15H18N2O3S/c1-11-8-14(20-2)6-7-15(11)17-21(18,19)10-12-4-3-5-13(16)9-12/h3-9,17H,10,16H2,1-2H3. The number of nitrogens with two attached hydrogens (primary N) is 1. The fourth-order valence-electron chi connectivity index (χ4n) is 1.98. The van der Waals surface area contributed by atoms with Crippen LogP contribution in [0.15, 0.2) is 42.5 Å². The summed E-state index contributed by atoms with van der Waals surface area (Å²) in [6, 6.07) is 12.0. The van der Waals surface area contributed by atoms with Gasteiger partial charge in [-0.15, -0.1) is 0 Å². The van der Waals surface area contributed by atoms with Crippen molar-refractivity contribution in [2.45, 2.75) is 12.7 Å². The minimum Gasteiger partial charge on any atom is -0.497 e. The van der Waals surface area contributed by atoms with Gasteiger partial charge >= 0.3 is 0 Å². The lowest BCUT2D eigenvalue weighted by Crippen LogP contribution is -2.15. The molecule has 2 aromatic carbocycles. The summed E-state index contributed by atoms with van der Waals surface area (Å²) in [7, 11) is -1.93. The molecule has 21 heavy (non-hydrogen) atoms. The molecule has 0 amide bonds. The lowest BCUT2D eigenvalue weighted by Gasteiger charge is -2.12. The second-order valence-electron chi connectivity index (χ2n) is 4.79. The Bertz CT molecular complexity index is 742. The maximum Gasteiger partial charge on any atom is 0.236 e. The highest BCUT2D eigenvalue weighted by atomic mass is 32.2. The molecule has 6 heteroatoms. The molecule has 2 aromatic rings. The van der Waals surface area contributed by atoms with Gasteiger partial charge in [0.2, 0.25) is 10.0 Å². The van der Waals surface area contributed by atoms with Crippen LogP contribution in [0.1, 0.15) is 11.1 Å². The van der Waals surface area contributed by atoms with Crippen LogP contribution in [0, 0.1) is 6.92 Å². The van der Waals surface area contributed by atoms with E-state index in [1.165, 1.54) is 0 Å². The Morgan fingerprint density at radius 1 is 1.19 bits per heavy atom. The van der Waals surface area contributed by atoms with Crippen molar-refractivity contribution >= 4 is 21.4 Å². The lowest BCUT2D eigenvalue weighted by atomic mass is 10.2. The van der Waals surface area contributed by atoms with Gasteiger partial charge in [0, 0.05) is 5.69 Å². The number of benzene rings is 2. The van der Waals surface area contributed by atoms with Crippen molar-refractivity contribution in [1.82, 2.24) is 0 Å². The van der Waals surface area contributed by atoms with Crippen LogP contribution in [0.5, 0.6) is 5.75 Å². The number of aryl methyl sites for hydroxylation is 1. The van der Waals surface area contributed by atoms with Gasteiger partial charge < -0.3 is 10.5 Å². The molecule has 0 aliphatic heterocycles. The molecule has 0 aliphatic carbocycles. The summed E-state index contributed by atoms with van der Waals surface area (Å²) in [5.74, 6) is 0.565. The third-order valence-corrected chi connectivity index (χ3v) is 4.25. The van der Waals surface area contributed by atoms with Crippen molar-refractivity contribution < 1.29 is 13.2 Å². The molecule has 0 saturated carbocycles. The van der Waals surface area contributed by atoms with Crippen LogP contribution in [0.25, 0.3) is 0 Å². The Morgan fingerprint density at radius 3 is 2.57 bits per heavy atom. The van der Waals surface area contributed by atoms with Gasteiger partial charge in [-0.2, -0.15) is 0 Å². The molecular weight excluding hydrogens is 288 g/mol. The first-order valence-electron chi connectivity index (χ1n) is 6.39. The number of sulfonamides is 1. The Kier molecular flexibility index (Phi) is 4.37. The maximum atomic E-state index is 12.2. The van der Waals surface area contributed by atoms with Crippen molar-refractivity contribution in [2.24, 2.45) is 0 Å². The van der Waals surface area contributed by atoms with Gasteiger partial charge in [-0.05, 0) is 48.4 Å². The molecular formula is C15H18N2O3S. The number of rotatable bonds is 5. The molecule has 2 rings (SSSR count). The zero-order valence-electron chi connectivity index (χ0n) is 12.0. The molecule has 0 aliphatic rings. The van der Waals surface area contributed by atoms with E-state index in [0.717, 1.165) is 5.56 Å². The molecule has 0 fully saturated rings. The molecule has 0 saturated heterocycles. The third kappa shape index (κ3) is 4.13. The monoisotopic (exact) mass is 306 g/mol. The highest BCUT2D eigenvalue weighted by Gasteiger charge is 2.13. The first kappa shape index (κ1) is 15.2. The van der Waals surface area contributed by atoms with Crippen LogP contribution in [0.3, 0.4) is 0 Å². The summed E-state index contributed by atoms with van der Waals surface area (Å²) in [6.45, 7) is 1.82. The highest BCUT2D eigenvalue weighted by molar-refractivity contribution is 7.91. The first-order chi connectivity index (χ1) is 9.89. The average molecular weight is 306 g/mol. The van der Waals surface area contributed by atoms with E-state index in [-0.39, 0.29) is 5.75 Å². The number of nitrogens with one attached hydrogen (secondary N) is 1. The zero-order valence-corrected chi connectivity index (χ0v) is 12.8. The van der Waals surface area contributed by atoms with Crippen LogP contribution < -0.4 is 15.2 Å². The lowest BCUT2D eigenvalue weighted by molar-refractivity contribution is 0.414. The second-order valence-corrected chi connectivity index (χ2v) is 6.51. The number of nitrogen functional groups attached to an aromatic ring is 1. The summed E-state index contributed by atoms with van der Waals surface area (Å²) < 4.78 is 32.1. The van der Waals surface area contributed by atoms with Gasteiger partial charge in [0.05, 0.1) is 18.6 Å². The SMILES string of the molecule is COc1ccc(NS(=O)(=O)Cc2cccc(N)c2)c(C)c1. The zero-order chi connectivity index (χ0) is 15.5. The Morgan fingerprint density at radius 2 is 1.95 bits per heavy atom. The third-order valence-electron chi connectivity index (χ3n) is 3.01. The van der Waals surface area contributed by atoms with Crippen LogP contribution in [0.2, 0.25) is 0 Å². The molecule has 0 atom stereocenters. The molecule has 112 valence electrons. The largest absolute Gasteiger partial charge is 0.497 e. The number of hydrogen-bond acceptors (Lipinski definition) is 4. The van der Waals surface area contributed by atoms with Crippen LogP contribution in [0.4, 0.5) is 11.4 Å². The molecule has 0 unspecified atom stereocenters. The fraction of sp³-hybridized carbons (Fsp3) is 0.200. The van der Waals surface area contributed by atoms with Crippen molar-refractivity contribution in [1.29, 1.82) is 0 Å². The average Bonchev–Trinajstić information content (AvgIpc) is 2.40. The van der Waals surface area contributed by atoms with Crippen LogP contribution in [-0.2, 0) is 15.8 Å². The van der Waals surface area contributed by atoms with E-state index in [1.54, 1.807) is 49.6 Å². The summed E-state index contributed by atoms with van der Waals surface area (Å²) in [5.41, 5.74) is 8.19. The minimum atomic E-state index is -3.49. The Balaban J connectivity index is 2.18. The van der Waals surface area contributed by atoms with E-state index >= 15 is 0 Å². The van der Waals surface area contributed by atoms with E-state index in [2.05, 4.69) is 4.72 Å². The summed E-state index contributed by atoms with van der Waals surface area (Å²) in [5, 5.41) is 0. The maximum absolute atomic E-state index is 12.2. The molecule has 0 bridgehead atoms. The first-order valence-corrected chi connectivity index (χ1v) is 8.04. The van der Waals surface area contributed by atoms with Gasteiger partial charge in [0.15, 0.2) is 0 Å². The topological polar surface area (TPSA) is 81.4 Å².